The highest BCUT2D eigenvalue weighted by Crippen LogP contribution is 2.14. The predicted octanol–water partition coefficient (Wildman–Crippen LogP) is 1.44. The Morgan fingerprint density at radius 2 is 2.29 bits per heavy atom. The number of nitrogens with zero attached hydrogens (tertiary/aromatic N) is 2. The lowest BCUT2D eigenvalue weighted by molar-refractivity contribution is 0.0402. The highest BCUT2D eigenvalue weighted by molar-refractivity contribution is 5.95. The first kappa shape index (κ1) is 15.9. The van der Waals surface area contributed by atoms with Gasteiger partial charge in [0.1, 0.15) is 11.9 Å². The highest BCUT2D eigenvalue weighted by atomic mass is 16.5. The van der Waals surface area contributed by atoms with Crippen LogP contribution in [0.25, 0.3) is 0 Å². The van der Waals surface area contributed by atoms with Crippen molar-refractivity contribution in [1.82, 2.24) is 15.3 Å². The Kier molecular flexibility index (Phi) is 5.25. The van der Waals surface area contributed by atoms with Gasteiger partial charge in [0.25, 0.3) is 5.91 Å². The molecule has 6 heteroatoms. The quantitative estimate of drug-likeness (QED) is 0.889. The summed E-state index contributed by atoms with van der Waals surface area (Å²) < 4.78 is 10.9. The Hall–Kier alpha value is -1.53. The smallest absolute Gasteiger partial charge is 0.255 e. The summed E-state index contributed by atoms with van der Waals surface area (Å²) in [7, 11) is 0. The molecular formula is C15H23N3O3. The van der Waals surface area contributed by atoms with Crippen LogP contribution in [0.15, 0.2) is 6.20 Å². The molecule has 0 radical (unpaired) electrons. The van der Waals surface area contributed by atoms with Crippen molar-refractivity contribution in [1.29, 1.82) is 0 Å². The number of rotatable bonds is 5. The molecule has 1 aromatic heterocycles. The fraction of sp³-hybridized carbons (Fsp3) is 0.667. The van der Waals surface area contributed by atoms with Gasteiger partial charge >= 0.3 is 0 Å². The Labute approximate surface area is 125 Å². The Bertz CT molecular complexity index is 505. The maximum atomic E-state index is 12.4. The van der Waals surface area contributed by atoms with Crippen LogP contribution in [0.2, 0.25) is 0 Å². The number of amides is 1. The molecule has 2 atom stereocenters. The molecule has 2 rings (SSSR count). The number of carbonyl (C=O) groups excluding carboxylic acids is 1. The van der Waals surface area contributed by atoms with Crippen LogP contribution in [0.1, 0.15) is 48.6 Å². The van der Waals surface area contributed by atoms with Crippen molar-refractivity contribution in [2.45, 2.75) is 45.8 Å². The molecule has 1 aromatic rings. The van der Waals surface area contributed by atoms with E-state index in [0.29, 0.717) is 31.1 Å². The fourth-order valence-corrected chi connectivity index (χ4v) is 2.28. The van der Waals surface area contributed by atoms with Crippen LogP contribution >= 0.6 is 0 Å². The number of carbonyl (C=O) groups is 1. The first-order valence-corrected chi connectivity index (χ1v) is 7.36. The molecule has 6 nitrogen and oxygen atoms in total. The van der Waals surface area contributed by atoms with E-state index in [1.165, 1.54) is 0 Å². The minimum absolute atomic E-state index is 0.0879. The second kappa shape index (κ2) is 6.95. The summed E-state index contributed by atoms with van der Waals surface area (Å²) in [5, 5.41) is 2.95. The van der Waals surface area contributed by atoms with E-state index >= 15 is 0 Å². The predicted molar refractivity (Wildman–Crippen MR) is 78.3 cm³/mol. The van der Waals surface area contributed by atoms with Gasteiger partial charge in [0.05, 0.1) is 30.5 Å². The molecule has 116 valence electrons. The number of hydrogen-bond donors (Lipinski definition) is 1. The minimum Gasteiger partial charge on any atom is -0.376 e. The van der Waals surface area contributed by atoms with Crippen molar-refractivity contribution in [3.8, 4) is 0 Å². The number of aryl methyl sites for hydroxylation is 1. The molecular weight excluding hydrogens is 270 g/mol. The van der Waals surface area contributed by atoms with Crippen LogP contribution in [-0.4, -0.2) is 47.8 Å². The van der Waals surface area contributed by atoms with Crippen molar-refractivity contribution < 1.29 is 14.3 Å². The highest BCUT2D eigenvalue weighted by Gasteiger charge is 2.30. The lowest BCUT2D eigenvalue weighted by Crippen LogP contribution is -2.44. The molecule has 1 aliphatic heterocycles. The Morgan fingerprint density at radius 3 is 2.90 bits per heavy atom. The SMILES string of the molecule is CCO[C@@H]1COC[C@H]1NC(=O)c1cnc(C(C)C)nc1C. The van der Waals surface area contributed by atoms with Crippen molar-refractivity contribution in [3.63, 3.8) is 0 Å². The molecule has 1 aliphatic rings. The average Bonchev–Trinajstić information content (AvgIpc) is 2.86. The topological polar surface area (TPSA) is 73.3 Å². The van der Waals surface area contributed by atoms with Crippen molar-refractivity contribution >= 4 is 5.91 Å². The molecule has 1 saturated heterocycles. The normalized spacial score (nSPS) is 21.8. The zero-order valence-corrected chi connectivity index (χ0v) is 13.0. The second-order valence-corrected chi connectivity index (χ2v) is 5.49. The zero-order chi connectivity index (χ0) is 15.4. The summed E-state index contributed by atoms with van der Waals surface area (Å²) in [4.78, 5) is 21.0. The monoisotopic (exact) mass is 293 g/mol. The van der Waals surface area contributed by atoms with E-state index in [9.17, 15) is 4.79 Å². The number of aromatic nitrogens is 2. The molecule has 0 unspecified atom stereocenters. The number of ether oxygens (including phenoxy) is 2. The summed E-state index contributed by atoms with van der Waals surface area (Å²) in [6.45, 7) is 9.40. The van der Waals surface area contributed by atoms with Gasteiger partial charge in [0, 0.05) is 18.7 Å². The first-order chi connectivity index (χ1) is 10.0. The Morgan fingerprint density at radius 1 is 1.52 bits per heavy atom. The maximum Gasteiger partial charge on any atom is 0.255 e. The van der Waals surface area contributed by atoms with Crippen molar-refractivity contribution in [2.24, 2.45) is 0 Å². The van der Waals surface area contributed by atoms with E-state index in [4.69, 9.17) is 9.47 Å². The third kappa shape index (κ3) is 3.77. The van der Waals surface area contributed by atoms with E-state index in [0.717, 1.165) is 5.82 Å². The van der Waals surface area contributed by atoms with Gasteiger partial charge in [-0.15, -0.1) is 0 Å². The minimum atomic E-state index is -0.178. The summed E-state index contributed by atoms with van der Waals surface area (Å²) in [6, 6.07) is -0.123. The van der Waals surface area contributed by atoms with E-state index in [2.05, 4.69) is 15.3 Å². The van der Waals surface area contributed by atoms with Crippen LogP contribution in [0, 0.1) is 6.92 Å². The lowest BCUT2D eigenvalue weighted by atomic mass is 10.1. The molecule has 2 heterocycles. The van der Waals surface area contributed by atoms with Crippen molar-refractivity contribution in [3.05, 3.63) is 23.3 Å². The number of nitrogens with one attached hydrogen (secondary N) is 1. The van der Waals surface area contributed by atoms with Gasteiger partial charge in [0.2, 0.25) is 0 Å². The molecule has 0 spiro atoms. The third-order valence-corrected chi connectivity index (χ3v) is 3.48. The summed E-state index contributed by atoms with van der Waals surface area (Å²) >= 11 is 0. The van der Waals surface area contributed by atoms with Gasteiger partial charge in [-0.05, 0) is 13.8 Å². The number of hydrogen-bond acceptors (Lipinski definition) is 5. The Balaban J connectivity index is 2.06. The standard InChI is InChI=1S/C15H23N3O3/c1-5-21-13-8-20-7-12(13)18-15(19)11-6-16-14(9(2)3)17-10(11)4/h6,9,12-13H,5,7-8H2,1-4H3,(H,18,19)/t12-,13-/m1/s1. The summed E-state index contributed by atoms with van der Waals surface area (Å²) in [5.41, 5.74) is 1.19. The van der Waals surface area contributed by atoms with Gasteiger partial charge in [-0.2, -0.15) is 0 Å². The van der Waals surface area contributed by atoms with E-state index in [1.54, 1.807) is 6.20 Å². The van der Waals surface area contributed by atoms with Crippen molar-refractivity contribution in [2.75, 3.05) is 19.8 Å². The molecule has 21 heavy (non-hydrogen) atoms. The van der Waals surface area contributed by atoms with Crippen LogP contribution in [-0.2, 0) is 9.47 Å². The lowest BCUT2D eigenvalue weighted by Gasteiger charge is -2.19. The van der Waals surface area contributed by atoms with E-state index in [-0.39, 0.29) is 24.0 Å². The van der Waals surface area contributed by atoms with E-state index in [1.807, 2.05) is 27.7 Å². The average molecular weight is 293 g/mol. The van der Waals surface area contributed by atoms with Gasteiger partial charge in [-0.1, -0.05) is 13.8 Å². The van der Waals surface area contributed by atoms with Crippen LogP contribution in [0.4, 0.5) is 0 Å². The fourth-order valence-electron chi connectivity index (χ4n) is 2.28. The van der Waals surface area contributed by atoms with E-state index < -0.39 is 0 Å². The molecule has 0 aliphatic carbocycles. The summed E-state index contributed by atoms with van der Waals surface area (Å²) in [5.74, 6) is 0.815. The van der Waals surface area contributed by atoms with Crippen LogP contribution in [0.3, 0.4) is 0 Å². The largest absolute Gasteiger partial charge is 0.376 e. The third-order valence-electron chi connectivity index (χ3n) is 3.48. The van der Waals surface area contributed by atoms with Crippen LogP contribution in [0.5, 0.6) is 0 Å². The maximum absolute atomic E-state index is 12.4. The van der Waals surface area contributed by atoms with Gasteiger partial charge in [0.15, 0.2) is 0 Å². The summed E-state index contributed by atoms with van der Waals surface area (Å²) in [6.07, 6.45) is 1.51. The first-order valence-electron chi connectivity index (χ1n) is 7.36. The molecule has 1 amide bonds. The molecule has 0 bridgehead atoms. The molecule has 0 aromatic carbocycles. The van der Waals surface area contributed by atoms with Gasteiger partial charge in [-0.25, -0.2) is 9.97 Å². The molecule has 1 N–H and O–H groups in total. The molecule has 0 saturated carbocycles. The molecule has 1 fully saturated rings. The zero-order valence-electron chi connectivity index (χ0n) is 13.0. The second-order valence-electron chi connectivity index (χ2n) is 5.49. The van der Waals surface area contributed by atoms with Gasteiger partial charge < -0.3 is 14.8 Å². The van der Waals surface area contributed by atoms with Gasteiger partial charge in [-0.3, -0.25) is 4.79 Å². The van der Waals surface area contributed by atoms with Crippen LogP contribution < -0.4 is 5.32 Å².